The van der Waals surface area contributed by atoms with Crippen LogP contribution in [-0.4, -0.2) is 27.6 Å². The van der Waals surface area contributed by atoms with Crippen LogP contribution >= 0.6 is 11.3 Å². The second kappa shape index (κ2) is 19.8. The summed E-state index contributed by atoms with van der Waals surface area (Å²) in [5.74, 6) is 2.23. The summed E-state index contributed by atoms with van der Waals surface area (Å²) in [5, 5.41) is 6.34. The Hall–Kier alpha value is -5.30. The number of hydrogen-bond donors (Lipinski definition) is 0. The second-order valence-corrected chi connectivity index (χ2v) is 24.7. The zero-order valence-electron chi connectivity index (χ0n) is 38.7. The Morgan fingerprint density at radius 3 is 2.03 bits per heavy atom. The van der Waals surface area contributed by atoms with Gasteiger partial charge in [-0.2, -0.15) is 0 Å². The topological polar surface area (TPSA) is 43.6 Å². The van der Waals surface area contributed by atoms with Crippen LogP contribution in [0.5, 0.6) is 0 Å². The molecule has 0 unspecified atom stereocenters. The molecule has 0 spiro atoms. The first-order chi connectivity index (χ1) is 30.3. The van der Waals surface area contributed by atoms with Crippen LogP contribution in [0.3, 0.4) is 0 Å². The van der Waals surface area contributed by atoms with Crippen LogP contribution in [0, 0.1) is 24.3 Å². The van der Waals surface area contributed by atoms with E-state index >= 15 is 0 Å². The molecule has 0 saturated heterocycles. The number of para-hydroxylation sites is 2. The number of benzene rings is 5. The van der Waals surface area contributed by atoms with E-state index in [1.165, 1.54) is 59.9 Å². The summed E-state index contributed by atoms with van der Waals surface area (Å²) in [7, 11) is -1.34. The van der Waals surface area contributed by atoms with Crippen LogP contribution in [0.2, 0.25) is 19.6 Å². The number of pyridine rings is 2. The van der Waals surface area contributed by atoms with E-state index in [1.54, 1.807) is 11.3 Å². The summed E-state index contributed by atoms with van der Waals surface area (Å²) < 4.78 is 3.62. The quantitative estimate of drug-likeness (QED) is 0.101. The minimum Gasteiger partial charge on any atom is -0.333 e. The van der Waals surface area contributed by atoms with E-state index in [9.17, 15) is 0 Å². The van der Waals surface area contributed by atoms with Gasteiger partial charge in [0.2, 0.25) is 0 Å². The number of thiophene rings is 1. The van der Waals surface area contributed by atoms with E-state index < -0.39 is 8.07 Å². The van der Waals surface area contributed by atoms with Gasteiger partial charge in [-0.25, -0.2) is 0 Å². The summed E-state index contributed by atoms with van der Waals surface area (Å²) in [6, 6.07) is 48.6. The number of imidazole rings is 1. The third-order valence-corrected chi connectivity index (χ3v) is 14.6. The fourth-order valence-electron chi connectivity index (χ4n) is 8.56. The van der Waals surface area contributed by atoms with Gasteiger partial charge in [0.05, 0.1) is 24.9 Å². The summed E-state index contributed by atoms with van der Waals surface area (Å²) in [4.78, 5) is 14.4. The molecule has 9 rings (SSSR count). The molecule has 9 aromatic rings. The molecule has 1 radical (unpaired) electrons. The molecular formula is C57H58IrN4SSi-2. The predicted molar refractivity (Wildman–Crippen MR) is 272 cm³/mol. The van der Waals surface area contributed by atoms with Crippen LogP contribution < -0.4 is 5.19 Å². The van der Waals surface area contributed by atoms with Gasteiger partial charge in [0.25, 0.3) is 0 Å². The van der Waals surface area contributed by atoms with Gasteiger partial charge in [0, 0.05) is 43.9 Å². The molecule has 0 aliphatic rings. The van der Waals surface area contributed by atoms with Crippen molar-refractivity contribution in [3.8, 4) is 50.6 Å². The van der Waals surface area contributed by atoms with Gasteiger partial charge in [-0.1, -0.05) is 149 Å². The Morgan fingerprint density at radius 2 is 1.38 bits per heavy atom. The molecular weight excluding hydrogens is 993 g/mol. The Bertz CT molecular complexity index is 2990. The fraction of sp³-hybridized carbons (Fsp3) is 0.246. The molecule has 0 fully saturated rings. The summed E-state index contributed by atoms with van der Waals surface area (Å²) in [5.41, 5.74) is 16.5. The van der Waals surface area contributed by atoms with Gasteiger partial charge in [-0.3, -0.25) is 21.3 Å². The first-order valence-electron chi connectivity index (χ1n) is 22.3. The molecule has 0 bridgehead atoms. The molecule has 64 heavy (non-hydrogen) atoms. The van der Waals surface area contributed by atoms with Crippen LogP contribution in [0.1, 0.15) is 75.8 Å². The monoisotopic (exact) mass is 1050 g/mol. The average Bonchev–Trinajstić information content (AvgIpc) is 3.87. The minimum absolute atomic E-state index is 0. The average molecular weight is 1050 g/mol. The maximum Gasteiger partial charge on any atom is 0.0798 e. The maximum absolute atomic E-state index is 5.31. The van der Waals surface area contributed by atoms with Crippen molar-refractivity contribution < 1.29 is 20.1 Å². The molecule has 0 aliphatic carbocycles. The van der Waals surface area contributed by atoms with Gasteiger partial charge < -0.3 is 9.55 Å². The standard InChI is InChI=1S/C39H34N3S.C18H24NSi.Ir/c1-24(2)31-21-30(27-11-7-6-8-12-27)22-32(25(3)4)38(31)42-36-14-10-9-13-35(36)41-39(42)34-23-43-37-16-15-28(20-33(34)37)29-17-18-40-26(5)19-29;1-14(2)11-16-12-17(15-9-7-6-8-10-15)19-13-18(16)20(3,4)5;/h6-22,24-25H,1-5H3;6-9,12-14H,11H2,1-5H3;/q2*-1;. The van der Waals surface area contributed by atoms with E-state index in [-0.39, 0.29) is 20.1 Å². The van der Waals surface area contributed by atoms with E-state index in [1.807, 2.05) is 31.3 Å². The summed E-state index contributed by atoms with van der Waals surface area (Å²) in [6.45, 7) is 23.0. The Balaban J connectivity index is 0.000000246. The van der Waals surface area contributed by atoms with Crippen molar-refractivity contribution in [1.82, 2.24) is 19.5 Å². The van der Waals surface area contributed by atoms with Crippen molar-refractivity contribution >= 4 is 45.7 Å². The Kier molecular flexibility index (Phi) is 14.5. The Labute approximate surface area is 399 Å². The molecule has 0 atom stereocenters. The first-order valence-corrected chi connectivity index (χ1v) is 26.6. The van der Waals surface area contributed by atoms with Gasteiger partial charge >= 0.3 is 0 Å². The van der Waals surface area contributed by atoms with Gasteiger partial charge in [-0.05, 0) is 112 Å². The zero-order valence-corrected chi connectivity index (χ0v) is 43.0. The molecule has 0 amide bonds. The van der Waals surface area contributed by atoms with Gasteiger partial charge in [0.1, 0.15) is 0 Å². The van der Waals surface area contributed by atoms with Crippen molar-refractivity contribution in [2.75, 3.05) is 0 Å². The Morgan fingerprint density at radius 1 is 0.688 bits per heavy atom. The molecule has 4 heterocycles. The smallest absolute Gasteiger partial charge is 0.0798 e. The van der Waals surface area contributed by atoms with Crippen molar-refractivity contribution in [1.29, 1.82) is 0 Å². The maximum atomic E-state index is 5.31. The van der Waals surface area contributed by atoms with E-state index in [0.717, 1.165) is 45.8 Å². The molecule has 0 aliphatic heterocycles. The van der Waals surface area contributed by atoms with E-state index in [0.29, 0.717) is 17.8 Å². The fourth-order valence-corrected chi connectivity index (χ4v) is 11.0. The SMILES string of the molecule is CC(C)Cc1cc(-c2[c-]cccc2)ncc1[Si](C)(C)C.Cc1cc(-c2ccc3s[c-]c(-c4nc5ccccc5n4-c4c(C(C)C)cc(-c5ccccc5)cc4C(C)C)c3c2)ccn1.[Ir]. The second-order valence-electron chi connectivity index (χ2n) is 18.8. The molecule has 4 nitrogen and oxygen atoms in total. The van der Waals surface area contributed by atoms with Crippen LogP contribution in [0.4, 0.5) is 0 Å². The van der Waals surface area contributed by atoms with Crippen molar-refractivity contribution in [3.63, 3.8) is 0 Å². The molecule has 0 saturated carbocycles. The zero-order chi connectivity index (χ0) is 44.4. The van der Waals surface area contributed by atoms with Crippen LogP contribution in [-0.2, 0) is 26.5 Å². The predicted octanol–water partition coefficient (Wildman–Crippen LogP) is 15.3. The molecule has 0 N–H and O–H groups in total. The summed E-state index contributed by atoms with van der Waals surface area (Å²) in [6.07, 6.45) is 5.12. The number of rotatable bonds is 10. The molecule has 4 aromatic heterocycles. The normalized spacial score (nSPS) is 11.6. The van der Waals surface area contributed by atoms with Crippen molar-refractivity contribution in [2.24, 2.45) is 5.92 Å². The van der Waals surface area contributed by atoms with E-state index in [4.69, 9.17) is 4.98 Å². The van der Waals surface area contributed by atoms with Gasteiger partial charge in [-0.15, -0.1) is 41.3 Å². The largest absolute Gasteiger partial charge is 0.333 e. The number of nitrogens with zero attached hydrogens (tertiary/aromatic N) is 4. The number of aryl methyl sites for hydroxylation is 1. The van der Waals surface area contributed by atoms with Gasteiger partial charge in [0.15, 0.2) is 0 Å². The number of aromatic nitrogens is 4. The molecule has 5 aromatic carbocycles. The van der Waals surface area contributed by atoms with Crippen molar-refractivity contribution in [3.05, 3.63) is 174 Å². The molecule has 7 heteroatoms. The summed E-state index contributed by atoms with van der Waals surface area (Å²) >= 11 is 1.66. The van der Waals surface area contributed by atoms with Crippen LogP contribution in [0.25, 0.3) is 71.7 Å². The van der Waals surface area contributed by atoms with E-state index in [2.05, 4.69) is 203 Å². The molecule has 327 valence electrons. The van der Waals surface area contributed by atoms with Crippen LogP contribution in [0.15, 0.2) is 140 Å². The third kappa shape index (κ3) is 9.99. The minimum atomic E-state index is -1.34. The third-order valence-electron chi connectivity index (χ3n) is 11.7. The van der Waals surface area contributed by atoms with Crippen molar-refractivity contribution in [2.45, 2.75) is 86.4 Å². The first kappa shape index (κ1) is 46.7. The number of hydrogen-bond acceptors (Lipinski definition) is 4. The number of fused-ring (bicyclic) bond motifs is 2.